The molecule has 0 aliphatic carbocycles. The van der Waals surface area contributed by atoms with Gasteiger partial charge in [0.1, 0.15) is 5.75 Å². The summed E-state index contributed by atoms with van der Waals surface area (Å²) < 4.78 is 5.61. The number of aromatic nitrogens is 1. The van der Waals surface area contributed by atoms with Crippen molar-refractivity contribution in [2.45, 2.75) is 45.1 Å². The third-order valence-electron chi connectivity index (χ3n) is 5.84. The van der Waals surface area contributed by atoms with Crippen molar-refractivity contribution < 1.29 is 9.53 Å². The number of amides is 1. The summed E-state index contributed by atoms with van der Waals surface area (Å²) >= 11 is 0. The maximum Gasteiger partial charge on any atom is 0.220 e. The number of para-hydroxylation sites is 1. The second-order valence-electron chi connectivity index (χ2n) is 8.00. The van der Waals surface area contributed by atoms with Crippen molar-refractivity contribution in [3.63, 3.8) is 0 Å². The van der Waals surface area contributed by atoms with E-state index in [2.05, 4.69) is 34.3 Å². The largest absolute Gasteiger partial charge is 0.496 e. The van der Waals surface area contributed by atoms with E-state index in [1.807, 2.05) is 30.5 Å². The van der Waals surface area contributed by atoms with Crippen molar-refractivity contribution in [3.8, 4) is 5.75 Å². The van der Waals surface area contributed by atoms with Crippen LogP contribution in [0.3, 0.4) is 0 Å². The maximum absolute atomic E-state index is 12.5. The van der Waals surface area contributed by atoms with Crippen LogP contribution >= 0.6 is 0 Å². The normalized spacial score (nSPS) is 16.3. The van der Waals surface area contributed by atoms with Gasteiger partial charge in [-0.15, -0.1) is 0 Å². The lowest BCUT2D eigenvalue weighted by Gasteiger charge is -2.37. The number of benzene rings is 1. The first-order valence-electron chi connectivity index (χ1n) is 10.7. The number of nitrogens with zero attached hydrogens (tertiary/aromatic N) is 2. The number of methoxy groups -OCH3 is 1. The molecule has 2 aromatic rings. The third kappa shape index (κ3) is 6.29. The highest BCUT2D eigenvalue weighted by molar-refractivity contribution is 5.75. The van der Waals surface area contributed by atoms with Gasteiger partial charge in [0.2, 0.25) is 5.91 Å². The highest BCUT2D eigenvalue weighted by Gasteiger charge is 2.27. The topological polar surface area (TPSA) is 54.5 Å². The molecular weight excluding hydrogens is 362 g/mol. The molecular formula is C24H33N3O2. The molecule has 1 aromatic heterocycles. The number of hydrogen-bond acceptors (Lipinski definition) is 4. The van der Waals surface area contributed by atoms with Crippen molar-refractivity contribution in [2.75, 3.05) is 26.7 Å². The van der Waals surface area contributed by atoms with E-state index in [0.29, 0.717) is 13.0 Å². The van der Waals surface area contributed by atoms with Gasteiger partial charge in [0.05, 0.1) is 13.2 Å². The molecule has 1 aliphatic heterocycles. The molecule has 2 heterocycles. The van der Waals surface area contributed by atoms with Crippen LogP contribution in [-0.2, 0) is 11.2 Å². The highest BCUT2D eigenvalue weighted by atomic mass is 16.5. The minimum Gasteiger partial charge on any atom is -0.496 e. The predicted molar refractivity (Wildman–Crippen MR) is 116 cm³/mol. The lowest BCUT2D eigenvalue weighted by molar-refractivity contribution is -0.121. The first-order chi connectivity index (χ1) is 14.2. The second kappa shape index (κ2) is 11.0. The van der Waals surface area contributed by atoms with Crippen molar-refractivity contribution in [2.24, 2.45) is 5.92 Å². The van der Waals surface area contributed by atoms with Gasteiger partial charge < -0.3 is 10.1 Å². The van der Waals surface area contributed by atoms with Crippen LogP contribution in [0.2, 0.25) is 0 Å². The number of nitrogens with one attached hydrogen (secondary N) is 1. The van der Waals surface area contributed by atoms with E-state index < -0.39 is 0 Å². The summed E-state index contributed by atoms with van der Waals surface area (Å²) in [6.45, 7) is 5.04. The Morgan fingerprint density at radius 3 is 2.76 bits per heavy atom. The van der Waals surface area contributed by atoms with Crippen LogP contribution in [0.4, 0.5) is 0 Å². The number of pyridine rings is 1. The molecule has 1 amide bonds. The Bertz CT molecular complexity index is 758. The minimum atomic E-state index is 0.110. The molecule has 1 fully saturated rings. The van der Waals surface area contributed by atoms with Crippen molar-refractivity contribution in [1.29, 1.82) is 0 Å². The van der Waals surface area contributed by atoms with E-state index in [9.17, 15) is 4.79 Å². The lowest BCUT2D eigenvalue weighted by Crippen LogP contribution is -2.42. The molecule has 29 heavy (non-hydrogen) atoms. The fourth-order valence-corrected chi connectivity index (χ4v) is 4.02. The fourth-order valence-electron chi connectivity index (χ4n) is 4.02. The molecule has 1 N–H and O–H groups in total. The van der Waals surface area contributed by atoms with E-state index in [1.165, 1.54) is 18.4 Å². The Labute approximate surface area is 174 Å². The van der Waals surface area contributed by atoms with Crippen LogP contribution in [0.5, 0.6) is 5.75 Å². The summed E-state index contributed by atoms with van der Waals surface area (Å²) in [7, 11) is 1.71. The molecule has 5 heteroatoms. The Balaban J connectivity index is 1.58. The van der Waals surface area contributed by atoms with E-state index >= 15 is 0 Å². The average molecular weight is 396 g/mol. The molecule has 3 rings (SSSR count). The van der Waals surface area contributed by atoms with Gasteiger partial charge in [-0.05, 0) is 62.4 Å². The Morgan fingerprint density at radius 2 is 2.03 bits per heavy atom. The number of piperidine rings is 1. The van der Waals surface area contributed by atoms with Gasteiger partial charge in [-0.3, -0.25) is 14.7 Å². The molecule has 0 bridgehead atoms. The summed E-state index contributed by atoms with van der Waals surface area (Å²) in [6, 6.07) is 12.3. The second-order valence-corrected chi connectivity index (χ2v) is 8.00. The van der Waals surface area contributed by atoms with Crippen molar-refractivity contribution in [1.82, 2.24) is 15.2 Å². The summed E-state index contributed by atoms with van der Waals surface area (Å²) in [4.78, 5) is 19.1. The molecule has 156 valence electrons. The third-order valence-corrected chi connectivity index (χ3v) is 5.84. The highest BCUT2D eigenvalue weighted by Crippen LogP contribution is 2.31. The van der Waals surface area contributed by atoms with Gasteiger partial charge in [-0.1, -0.05) is 31.2 Å². The summed E-state index contributed by atoms with van der Waals surface area (Å²) in [5, 5.41) is 3.18. The van der Waals surface area contributed by atoms with Crippen LogP contribution in [0, 0.1) is 5.92 Å². The summed E-state index contributed by atoms with van der Waals surface area (Å²) in [5.74, 6) is 1.77. The molecule has 0 spiro atoms. The molecule has 1 aliphatic rings. The minimum absolute atomic E-state index is 0.110. The molecule has 1 saturated heterocycles. The van der Waals surface area contributed by atoms with E-state index in [4.69, 9.17) is 4.74 Å². The van der Waals surface area contributed by atoms with Crippen LogP contribution in [0.25, 0.3) is 0 Å². The number of carbonyl (C=O) groups excluding carboxylic acids is 1. The Hall–Kier alpha value is -2.40. The van der Waals surface area contributed by atoms with Crippen LogP contribution < -0.4 is 10.1 Å². The van der Waals surface area contributed by atoms with E-state index in [0.717, 1.165) is 43.2 Å². The number of rotatable bonds is 9. The molecule has 0 saturated carbocycles. The van der Waals surface area contributed by atoms with Gasteiger partial charge in [-0.25, -0.2) is 0 Å². The van der Waals surface area contributed by atoms with Crippen LogP contribution in [0.15, 0.2) is 48.8 Å². The zero-order valence-corrected chi connectivity index (χ0v) is 17.6. The van der Waals surface area contributed by atoms with Crippen LogP contribution in [-0.4, -0.2) is 42.5 Å². The van der Waals surface area contributed by atoms with E-state index in [1.54, 1.807) is 13.3 Å². The number of carbonyl (C=O) groups is 1. The van der Waals surface area contributed by atoms with Gasteiger partial charge in [-0.2, -0.15) is 0 Å². The Kier molecular flexibility index (Phi) is 8.05. The first-order valence-corrected chi connectivity index (χ1v) is 10.7. The van der Waals surface area contributed by atoms with Crippen LogP contribution in [0.1, 0.15) is 49.8 Å². The fraction of sp³-hybridized carbons (Fsp3) is 0.500. The average Bonchev–Trinajstić information content (AvgIpc) is 2.76. The number of likely N-dealkylation sites (tertiary alicyclic amines) is 1. The SMILES string of the molecule is COc1ccccc1C(CNC(=O)CCCc1cccnc1)N1CCC(C)CC1. The predicted octanol–water partition coefficient (Wildman–Crippen LogP) is 4.00. The zero-order chi connectivity index (χ0) is 20.5. The number of ether oxygens (including phenoxy) is 1. The lowest BCUT2D eigenvalue weighted by atomic mass is 9.95. The molecule has 0 radical (unpaired) electrons. The summed E-state index contributed by atoms with van der Waals surface area (Å²) in [5.41, 5.74) is 2.33. The van der Waals surface area contributed by atoms with E-state index in [-0.39, 0.29) is 11.9 Å². The quantitative estimate of drug-likeness (QED) is 0.697. The zero-order valence-electron chi connectivity index (χ0n) is 17.6. The molecule has 1 aromatic carbocycles. The van der Waals surface area contributed by atoms with Crippen molar-refractivity contribution >= 4 is 5.91 Å². The van der Waals surface area contributed by atoms with Gasteiger partial charge >= 0.3 is 0 Å². The monoisotopic (exact) mass is 395 g/mol. The first kappa shape index (κ1) is 21.3. The molecule has 1 atom stereocenters. The van der Waals surface area contributed by atoms with Gasteiger partial charge in [0.15, 0.2) is 0 Å². The Morgan fingerprint density at radius 1 is 1.24 bits per heavy atom. The molecule has 1 unspecified atom stereocenters. The smallest absolute Gasteiger partial charge is 0.220 e. The molecule has 5 nitrogen and oxygen atoms in total. The number of hydrogen-bond donors (Lipinski definition) is 1. The van der Waals surface area contributed by atoms with Gasteiger partial charge in [0, 0.05) is 30.9 Å². The maximum atomic E-state index is 12.5. The number of aryl methyl sites for hydroxylation is 1. The standard InChI is InChI=1S/C24H33N3O2/c1-19-12-15-27(16-13-19)22(21-9-3-4-10-23(21)29-2)18-26-24(28)11-5-7-20-8-6-14-25-17-20/h3-4,6,8-10,14,17,19,22H,5,7,11-13,15-16,18H2,1-2H3,(H,26,28). The van der Waals surface area contributed by atoms with Gasteiger partial charge in [0.25, 0.3) is 0 Å². The summed E-state index contributed by atoms with van der Waals surface area (Å²) in [6.07, 6.45) is 8.28. The van der Waals surface area contributed by atoms with Crippen molar-refractivity contribution in [3.05, 3.63) is 59.9 Å².